The number of ether oxygens (including phenoxy) is 1. The minimum absolute atomic E-state index is 0.176. The highest BCUT2D eigenvalue weighted by Gasteiger charge is 2.29. The fourth-order valence-electron chi connectivity index (χ4n) is 3.14. The zero-order chi connectivity index (χ0) is 15.4. The van der Waals surface area contributed by atoms with Crippen molar-refractivity contribution < 1.29 is 9.13 Å². The Bertz CT molecular complexity index is 573. The third kappa shape index (κ3) is 3.91. The van der Waals surface area contributed by atoms with Crippen LogP contribution in [0, 0.1) is 11.7 Å². The highest BCUT2D eigenvalue weighted by Crippen LogP contribution is 2.25. The van der Waals surface area contributed by atoms with Gasteiger partial charge in [-0.2, -0.15) is 0 Å². The number of rotatable bonds is 5. The molecule has 3 nitrogen and oxygen atoms in total. The van der Waals surface area contributed by atoms with Crippen LogP contribution in [-0.2, 0) is 17.7 Å². The molecule has 0 amide bonds. The van der Waals surface area contributed by atoms with Gasteiger partial charge in [0.1, 0.15) is 5.82 Å². The smallest absolute Gasteiger partial charge is 0.123 e. The molecule has 0 saturated carbocycles. The van der Waals surface area contributed by atoms with E-state index in [1.807, 2.05) is 17.6 Å². The number of piperidine rings is 1. The summed E-state index contributed by atoms with van der Waals surface area (Å²) in [5.41, 5.74) is 4.20. The SMILES string of the molecule is CO[C@H]1CN(Cc2cscn2)CC[C@@H]1Cc1ccc(F)cc1. The first-order valence-electron chi connectivity index (χ1n) is 7.61. The molecule has 2 heterocycles. The van der Waals surface area contributed by atoms with Gasteiger partial charge in [-0.3, -0.25) is 4.90 Å². The molecule has 0 bridgehead atoms. The van der Waals surface area contributed by atoms with Crippen molar-refractivity contribution in [2.75, 3.05) is 20.2 Å². The molecular weight excluding hydrogens is 299 g/mol. The van der Waals surface area contributed by atoms with E-state index in [1.165, 1.54) is 17.7 Å². The van der Waals surface area contributed by atoms with Crippen molar-refractivity contribution in [3.63, 3.8) is 0 Å². The van der Waals surface area contributed by atoms with E-state index in [1.54, 1.807) is 18.4 Å². The Morgan fingerprint density at radius 3 is 2.86 bits per heavy atom. The Morgan fingerprint density at radius 1 is 1.36 bits per heavy atom. The van der Waals surface area contributed by atoms with Crippen molar-refractivity contribution in [1.82, 2.24) is 9.88 Å². The lowest BCUT2D eigenvalue weighted by Gasteiger charge is -2.37. The molecule has 1 aliphatic rings. The van der Waals surface area contributed by atoms with Gasteiger partial charge in [-0.25, -0.2) is 9.37 Å². The predicted molar refractivity (Wildman–Crippen MR) is 86.4 cm³/mol. The van der Waals surface area contributed by atoms with Crippen molar-refractivity contribution in [1.29, 1.82) is 0 Å². The van der Waals surface area contributed by atoms with Crippen molar-refractivity contribution in [2.45, 2.75) is 25.5 Å². The fourth-order valence-corrected chi connectivity index (χ4v) is 3.69. The van der Waals surface area contributed by atoms with E-state index in [-0.39, 0.29) is 11.9 Å². The average molecular weight is 320 g/mol. The minimum Gasteiger partial charge on any atom is -0.380 e. The molecule has 22 heavy (non-hydrogen) atoms. The molecule has 0 radical (unpaired) electrons. The van der Waals surface area contributed by atoms with Crippen LogP contribution < -0.4 is 0 Å². The summed E-state index contributed by atoms with van der Waals surface area (Å²) in [5, 5.41) is 2.10. The van der Waals surface area contributed by atoms with Crippen LogP contribution in [0.2, 0.25) is 0 Å². The monoisotopic (exact) mass is 320 g/mol. The average Bonchev–Trinajstić information content (AvgIpc) is 3.04. The van der Waals surface area contributed by atoms with Crippen molar-refractivity contribution in [3.8, 4) is 0 Å². The lowest BCUT2D eigenvalue weighted by Crippen LogP contribution is -2.45. The van der Waals surface area contributed by atoms with Gasteiger partial charge in [0.2, 0.25) is 0 Å². The Hall–Kier alpha value is -1.30. The fraction of sp³-hybridized carbons (Fsp3) is 0.471. The summed E-state index contributed by atoms with van der Waals surface area (Å²) in [4.78, 5) is 6.76. The summed E-state index contributed by atoms with van der Waals surface area (Å²) in [6.07, 6.45) is 2.26. The highest BCUT2D eigenvalue weighted by atomic mass is 32.1. The second-order valence-corrected chi connectivity index (χ2v) is 6.59. The molecule has 1 aromatic carbocycles. The Labute approximate surface area is 134 Å². The third-order valence-corrected chi connectivity index (χ3v) is 5.00. The summed E-state index contributed by atoms with van der Waals surface area (Å²) in [5.74, 6) is 0.312. The highest BCUT2D eigenvalue weighted by molar-refractivity contribution is 7.07. The maximum absolute atomic E-state index is 13.0. The molecule has 5 heteroatoms. The Kier molecular flexibility index (Phi) is 5.18. The van der Waals surface area contributed by atoms with Crippen molar-refractivity contribution in [2.24, 2.45) is 5.92 Å². The summed E-state index contributed by atoms with van der Waals surface area (Å²) >= 11 is 1.64. The first-order valence-corrected chi connectivity index (χ1v) is 8.55. The van der Waals surface area contributed by atoms with Crippen LogP contribution in [-0.4, -0.2) is 36.2 Å². The van der Waals surface area contributed by atoms with Gasteiger partial charge in [0, 0.05) is 25.6 Å². The van der Waals surface area contributed by atoms with Crippen LogP contribution in [0.1, 0.15) is 17.7 Å². The normalized spacial score (nSPS) is 22.8. The van der Waals surface area contributed by atoms with Crippen LogP contribution in [0.3, 0.4) is 0 Å². The molecule has 0 spiro atoms. The molecule has 2 aromatic rings. The standard InChI is InChI=1S/C17H21FN2OS/c1-21-17-10-20(9-16-11-22-12-19-16)7-6-14(17)8-13-2-4-15(18)5-3-13/h2-5,11-12,14,17H,6-10H2,1H3/t14-,17+/m1/s1. The maximum atomic E-state index is 13.0. The summed E-state index contributed by atoms with van der Waals surface area (Å²) in [7, 11) is 1.79. The largest absolute Gasteiger partial charge is 0.380 e. The van der Waals surface area contributed by atoms with Gasteiger partial charge in [0.25, 0.3) is 0 Å². The lowest BCUT2D eigenvalue weighted by atomic mass is 9.87. The Morgan fingerprint density at radius 2 is 2.18 bits per heavy atom. The third-order valence-electron chi connectivity index (χ3n) is 4.36. The van der Waals surface area contributed by atoms with Crippen LogP contribution in [0.15, 0.2) is 35.2 Å². The van der Waals surface area contributed by atoms with Gasteiger partial charge in [0.15, 0.2) is 0 Å². The first-order chi connectivity index (χ1) is 10.7. The van der Waals surface area contributed by atoms with Crippen molar-refractivity contribution >= 4 is 11.3 Å². The number of thiazole rings is 1. The number of nitrogens with zero attached hydrogens (tertiary/aromatic N) is 2. The van der Waals surface area contributed by atoms with E-state index in [4.69, 9.17) is 4.74 Å². The molecule has 2 atom stereocenters. The van der Waals surface area contributed by atoms with Gasteiger partial charge < -0.3 is 4.74 Å². The van der Waals surface area contributed by atoms with Gasteiger partial charge in [-0.15, -0.1) is 11.3 Å². The molecule has 1 fully saturated rings. The molecular formula is C17H21FN2OS. The van der Waals surface area contributed by atoms with E-state index in [2.05, 4.69) is 15.3 Å². The van der Waals surface area contributed by atoms with Crippen LogP contribution in [0.25, 0.3) is 0 Å². The Balaban J connectivity index is 1.59. The lowest BCUT2D eigenvalue weighted by molar-refractivity contribution is -0.0138. The van der Waals surface area contributed by atoms with E-state index < -0.39 is 0 Å². The number of aromatic nitrogens is 1. The number of hydrogen-bond acceptors (Lipinski definition) is 4. The van der Waals surface area contributed by atoms with Crippen LogP contribution in [0.5, 0.6) is 0 Å². The van der Waals surface area contributed by atoms with E-state index >= 15 is 0 Å². The number of hydrogen-bond donors (Lipinski definition) is 0. The zero-order valence-corrected chi connectivity index (χ0v) is 13.6. The predicted octanol–water partition coefficient (Wildman–Crippen LogP) is 3.36. The number of likely N-dealkylation sites (tertiary alicyclic amines) is 1. The van der Waals surface area contributed by atoms with Gasteiger partial charge in [-0.1, -0.05) is 12.1 Å². The van der Waals surface area contributed by atoms with E-state index in [0.29, 0.717) is 5.92 Å². The molecule has 3 rings (SSSR count). The van der Waals surface area contributed by atoms with Crippen LogP contribution in [0.4, 0.5) is 4.39 Å². The van der Waals surface area contributed by atoms with Crippen molar-refractivity contribution in [3.05, 3.63) is 52.2 Å². The van der Waals surface area contributed by atoms with E-state index in [0.717, 1.165) is 38.2 Å². The zero-order valence-electron chi connectivity index (χ0n) is 12.7. The molecule has 0 N–H and O–H groups in total. The summed E-state index contributed by atoms with van der Waals surface area (Å²) < 4.78 is 18.7. The maximum Gasteiger partial charge on any atom is 0.123 e. The van der Waals surface area contributed by atoms with Gasteiger partial charge in [0.05, 0.1) is 17.3 Å². The van der Waals surface area contributed by atoms with Gasteiger partial charge >= 0.3 is 0 Å². The second-order valence-electron chi connectivity index (χ2n) is 5.87. The molecule has 1 aromatic heterocycles. The molecule has 0 unspecified atom stereocenters. The molecule has 0 aliphatic carbocycles. The number of halogens is 1. The topological polar surface area (TPSA) is 25.4 Å². The van der Waals surface area contributed by atoms with Gasteiger partial charge in [-0.05, 0) is 43.0 Å². The summed E-state index contributed by atoms with van der Waals surface area (Å²) in [6.45, 7) is 2.88. The summed E-state index contributed by atoms with van der Waals surface area (Å²) in [6, 6.07) is 6.83. The molecule has 1 saturated heterocycles. The van der Waals surface area contributed by atoms with E-state index in [9.17, 15) is 4.39 Å². The molecule has 118 valence electrons. The minimum atomic E-state index is -0.176. The molecule has 1 aliphatic heterocycles. The first kappa shape index (κ1) is 15.6. The quantitative estimate of drug-likeness (QED) is 0.845. The van der Waals surface area contributed by atoms with Crippen LogP contribution >= 0.6 is 11.3 Å². The number of methoxy groups -OCH3 is 1. The second kappa shape index (κ2) is 7.31. The number of benzene rings is 1.